The van der Waals surface area contributed by atoms with Crippen LogP contribution in [0.15, 0.2) is 18.3 Å². The fourth-order valence-corrected chi connectivity index (χ4v) is 1.26. The van der Waals surface area contributed by atoms with Crippen LogP contribution in [0.5, 0.6) is 5.75 Å². The second-order valence-electron chi connectivity index (χ2n) is 3.10. The van der Waals surface area contributed by atoms with Gasteiger partial charge in [-0.3, -0.25) is 0 Å². The molecule has 1 rings (SSSR count). The smallest absolute Gasteiger partial charge is 0.174 e. The molecule has 16 heavy (non-hydrogen) atoms. The van der Waals surface area contributed by atoms with Gasteiger partial charge in [-0.05, 0) is 30.8 Å². The van der Waals surface area contributed by atoms with E-state index in [9.17, 15) is 5.11 Å². The van der Waals surface area contributed by atoms with Gasteiger partial charge in [0.25, 0.3) is 0 Å². The molecule has 0 fully saturated rings. The molecule has 0 aliphatic carbocycles. The van der Waals surface area contributed by atoms with Crippen molar-refractivity contribution in [1.29, 1.82) is 0 Å². The number of aromatic hydroxyl groups is 1. The van der Waals surface area contributed by atoms with Crippen LogP contribution in [0.3, 0.4) is 0 Å². The van der Waals surface area contributed by atoms with E-state index in [-0.39, 0.29) is 5.75 Å². The van der Waals surface area contributed by atoms with Crippen molar-refractivity contribution in [2.75, 3.05) is 25.6 Å². The van der Waals surface area contributed by atoms with Gasteiger partial charge in [0, 0.05) is 26.5 Å². The molecule has 0 amide bonds. The molecule has 0 radical (unpaired) electrons. The first-order valence-electron chi connectivity index (χ1n) is 4.92. The summed E-state index contributed by atoms with van der Waals surface area (Å²) in [4.78, 5) is 3.95. The third-order valence-electron chi connectivity index (χ3n) is 1.83. The summed E-state index contributed by atoms with van der Waals surface area (Å²) in [5.74, 6) is 0.426. The van der Waals surface area contributed by atoms with Gasteiger partial charge in [0.2, 0.25) is 0 Å². The minimum Gasteiger partial charge on any atom is -0.504 e. The molecule has 1 aromatic heterocycles. The highest BCUT2D eigenvalue weighted by Gasteiger charge is 2.02. The largest absolute Gasteiger partial charge is 0.504 e. The van der Waals surface area contributed by atoms with E-state index in [1.165, 1.54) is 0 Å². The van der Waals surface area contributed by atoms with E-state index < -0.39 is 0 Å². The molecular formula is C10H15N3O2S. The molecule has 0 atom stereocenters. The standard InChI is InChI=1S/C10H15N3O2S/c1-15-7-3-6-12-10(16)13-9-8(14)4-2-5-11-9/h2,4-5,14H,3,6-7H2,1H3,(H2,11,12,13,16). The second kappa shape index (κ2) is 6.97. The third kappa shape index (κ3) is 4.41. The Morgan fingerprint density at radius 2 is 2.44 bits per heavy atom. The van der Waals surface area contributed by atoms with Crippen molar-refractivity contribution in [3.63, 3.8) is 0 Å². The van der Waals surface area contributed by atoms with Crippen LogP contribution in [0, 0.1) is 0 Å². The van der Waals surface area contributed by atoms with Crippen LogP contribution < -0.4 is 10.6 Å². The van der Waals surface area contributed by atoms with Crippen LogP contribution in [0.1, 0.15) is 6.42 Å². The van der Waals surface area contributed by atoms with E-state index in [1.54, 1.807) is 25.4 Å². The summed E-state index contributed by atoms with van der Waals surface area (Å²) in [5.41, 5.74) is 0. The molecular weight excluding hydrogens is 226 g/mol. The van der Waals surface area contributed by atoms with Crippen molar-refractivity contribution in [1.82, 2.24) is 10.3 Å². The van der Waals surface area contributed by atoms with Gasteiger partial charge in [-0.1, -0.05) is 0 Å². The fraction of sp³-hybridized carbons (Fsp3) is 0.400. The lowest BCUT2D eigenvalue weighted by Gasteiger charge is -2.10. The molecule has 0 aliphatic rings. The zero-order valence-corrected chi connectivity index (χ0v) is 9.88. The van der Waals surface area contributed by atoms with Crippen LogP contribution in [0.4, 0.5) is 5.82 Å². The highest BCUT2D eigenvalue weighted by atomic mass is 32.1. The van der Waals surface area contributed by atoms with E-state index in [4.69, 9.17) is 17.0 Å². The molecule has 0 aliphatic heterocycles. The Morgan fingerprint density at radius 1 is 1.62 bits per heavy atom. The molecule has 5 nitrogen and oxygen atoms in total. The number of pyridine rings is 1. The number of aromatic nitrogens is 1. The number of nitrogens with zero attached hydrogens (tertiary/aromatic N) is 1. The monoisotopic (exact) mass is 241 g/mol. The van der Waals surface area contributed by atoms with Gasteiger partial charge in [0.05, 0.1) is 0 Å². The number of methoxy groups -OCH3 is 1. The predicted molar refractivity (Wildman–Crippen MR) is 66.6 cm³/mol. The first-order valence-corrected chi connectivity index (χ1v) is 5.32. The quantitative estimate of drug-likeness (QED) is 0.530. The van der Waals surface area contributed by atoms with Crippen LogP contribution in [-0.2, 0) is 4.74 Å². The maximum Gasteiger partial charge on any atom is 0.174 e. The molecule has 0 saturated heterocycles. The Labute approximate surface area is 99.8 Å². The molecule has 1 heterocycles. The van der Waals surface area contributed by atoms with Crippen molar-refractivity contribution in [3.8, 4) is 5.75 Å². The highest BCUT2D eigenvalue weighted by Crippen LogP contribution is 2.17. The summed E-state index contributed by atoms with van der Waals surface area (Å²) in [6.07, 6.45) is 2.45. The zero-order chi connectivity index (χ0) is 11.8. The maximum absolute atomic E-state index is 9.44. The molecule has 0 saturated carbocycles. The summed E-state index contributed by atoms with van der Waals surface area (Å²) < 4.78 is 4.91. The SMILES string of the molecule is COCCCNC(=S)Nc1ncccc1O. The second-order valence-corrected chi connectivity index (χ2v) is 3.51. The first kappa shape index (κ1) is 12.7. The van der Waals surface area contributed by atoms with Crippen LogP contribution in [-0.4, -0.2) is 35.5 Å². The lowest BCUT2D eigenvalue weighted by Crippen LogP contribution is -2.30. The Morgan fingerprint density at radius 3 is 3.12 bits per heavy atom. The van der Waals surface area contributed by atoms with E-state index in [0.29, 0.717) is 24.1 Å². The van der Waals surface area contributed by atoms with Crippen molar-refractivity contribution in [2.24, 2.45) is 0 Å². The van der Waals surface area contributed by atoms with Crippen molar-refractivity contribution >= 4 is 23.1 Å². The molecule has 6 heteroatoms. The van der Waals surface area contributed by atoms with Crippen molar-refractivity contribution in [2.45, 2.75) is 6.42 Å². The number of anilines is 1. The zero-order valence-electron chi connectivity index (χ0n) is 9.06. The molecule has 0 spiro atoms. The highest BCUT2D eigenvalue weighted by molar-refractivity contribution is 7.80. The molecule has 88 valence electrons. The van der Waals surface area contributed by atoms with Crippen LogP contribution >= 0.6 is 12.2 Å². The van der Waals surface area contributed by atoms with Crippen LogP contribution in [0.25, 0.3) is 0 Å². The number of nitrogens with one attached hydrogen (secondary N) is 2. The minimum absolute atomic E-state index is 0.0727. The summed E-state index contributed by atoms with van der Waals surface area (Å²) in [5, 5.41) is 15.7. The van der Waals surface area contributed by atoms with Crippen molar-refractivity contribution in [3.05, 3.63) is 18.3 Å². The van der Waals surface area contributed by atoms with Gasteiger partial charge in [-0.15, -0.1) is 0 Å². The number of ether oxygens (including phenoxy) is 1. The summed E-state index contributed by atoms with van der Waals surface area (Å²) in [7, 11) is 1.66. The Bertz CT molecular complexity index is 347. The Kier molecular flexibility index (Phi) is 5.52. The molecule has 0 unspecified atom stereocenters. The van der Waals surface area contributed by atoms with Gasteiger partial charge in [-0.2, -0.15) is 0 Å². The normalized spacial score (nSPS) is 9.81. The lowest BCUT2D eigenvalue weighted by molar-refractivity contribution is 0.196. The number of rotatable bonds is 5. The average Bonchev–Trinajstić information content (AvgIpc) is 2.28. The molecule has 1 aromatic rings. The van der Waals surface area contributed by atoms with E-state index >= 15 is 0 Å². The van der Waals surface area contributed by atoms with Crippen molar-refractivity contribution < 1.29 is 9.84 Å². The molecule has 0 aromatic carbocycles. The predicted octanol–water partition coefficient (Wildman–Crippen LogP) is 1.11. The maximum atomic E-state index is 9.44. The van der Waals surface area contributed by atoms with Crippen LogP contribution in [0.2, 0.25) is 0 Å². The molecule has 3 N–H and O–H groups in total. The van der Waals surface area contributed by atoms with Gasteiger partial charge in [0.1, 0.15) is 0 Å². The Hall–Kier alpha value is -1.40. The Balaban J connectivity index is 2.32. The van der Waals surface area contributed by atoms with Gasteiger partial charge in [0.15, 0.2) is 16.7 Å². The average molecular weight is 241 g/mol. The van der Waals surface area contributed by atoms with E-state index in [0.717, 1.165) is 6.42 Å². The van der Waals surface area contributed by atoms with E-state index in [2.05, 4.69) is 15.6 Å². The summed E-state index contributed by atoms with van der Waals surface area (Å²) >= 11 is 5.03. The summed E-state index contributed by atoms with van der Waals surface area (Å²) in [6, 6.07) is 3.19. The summed E-state index contributed by atoms with van der Waals surface area (Å²) in [6.45, 7) is 1.40. The molecule has 0 bridgehead atoms. The van der Waals surface area contributed by atoms with Gasteiger partial charge >= 0.3 is 0 Å². The van der Waals surface area contributed by atoms with Gasteiger partial charge in [-0.25, -0.2) is 4.98 Å². The number of hydrogen-bond acceptors (Lipinski definition) is 4. The topological polar surface area (TPSA) is 66.4 Å². The van der Waals surface area contributed by atoms with E-state index in [1.807, 2.05) is 0 Å². The third-order valence-corrected chi connectivity index (χ3v) is 2.08. The minimum atomic E-state index is 0.0727. The van der Waals surface area contributed by atoms with Gasteiger partial charge < -0.3 is 20.5 Å². The lowest BCUT2D eigenvalue weighted by atomic mass is 10.4. The number of thiocarbonyl (C=S) groups is 1. The number of hydrogen-bond donors (Lipinski definition) is 3. The fourth-order valence-electron chi connectivity index (χ4n) is 1.06. The first-order chi connectivity index (χ1) is 7.74.